The Balaban J connectivity index is 1.91. The first-order valence-electron chi connectivity index (χ1n) is 6.96. The molecule has 6 heteroatoms. The van der Waals surface area contributed by atoms with E-state index in [1.807, 2.05) is 17.5 Å². The first-order chi connectivity index (χ1) is 10.5. The van der Waals surface area contributed by atoms with Crippen molar-refractivity contribution in [3.8, 4) is 0 Å². The standard InChI is InChI=1S/C16H14F3NOS/c17-16(18,19)14-6-2-1-5-13(14)15(21)20(11-7-8-11)10-12-4-3-9-22-12/h1-6,9,11H,7-8,10H2. The van der Waals surface area contributed by atoms with E-state index in [1.54, 1.807) is 4.90 Å². The summed E-state index contributed by atoms with van der Waals surface area (Å²) in [6, 6.07) is 8.82. The van der Waals surface area contributed by atoms with Crippen LogP contribution in [0.2, 0.25) is 0 Å². The molecule has 0 bridgehead atoms. The summed E-state index contributed by atoms with van der Waals surface area (Å²) in [5.41, 5.74) is -1.13. The lowest BCUT2D eigenvalue weighted by atomic mass is 10.1. The maximum Gasteiger partial charge on any atom is 0.417 e. The molecule has 0 unspecified atom stereocenters. The number of amides is 1. The summed E-state index contributed by atoms with van der Waals surface area (Å²) in [6.07, 6.45) is -2.82. The highest BCUT2D eigenvalue weighted by Gasteiger charge is 2.39. The number of carbonyl (C=O) groups is 1. The van der Waals surface area contributed by atoms with Gasteiger partial charge in [0.25, 0.3) is 5.91 Å². The number of thiophene rings is 1. The van der Waals surface area contributed by atoms with E-state index in [1.165, 1.54) is 29.5 Å². The van der Waals surface area contributed by atoms with E-state index in [0.717, 1.165) is 23.8 Å². The molecule has 1 aliphatic rings. The first kappa shape index (κ1) is 15.1. The Morgan fingerprint density at radius 3 is 2.50 bits per heavy atom. The Morgan fingerprint density at radius 1 is 1.18 bits per heavy atom. The smallest absolute Gasteiger partial charge is 0.331 e. The van der Waals surface area contributed by atoms with Gasteiger partial charge in [0, 0.05) is 10.9 Å². The van der Waals surface area contributed by atoms with Crippen LogP contribution < -0.4 is 0 Å². The van der Waals surface area contributed by atoms with Crippen molar-refractivity contribution in [2.45, 2.75) is 31.6 Å². The lowest BCUT2D eigenvalue weighted by Gasteiger charge is -2.23. The lowest BCUT2D eigenvalue weighted by Crippen LogP contribution is -2.33. The second-order valence-electron chi connectivity index (χ2n) is 5.29. The van der Waals surface area contributed by atoms with E-state index in [9.17, 15) is 18.0 Å². The van der Waals surface area contributed by atoms with Crippen LogP contribution in [0, 0.1) is 0 Å². The monoisotopic (exact) mass is 325 g/mol. The van der Waals surface area contributed by atoms with Crippen LogP contribution in [0.4, 0.5) is 13.2 Å². The van der Waals surface area contributed by atoms with Crippen LogP contribution in [0.5, 0.6) is 0 Å². The van der Waals surface area contributed by atoms with Crippen molar-refractivity contribution in [3.05, 3.63) is 57.8 Å². The van der Waals surface area contributed by atoms with Crippen molar-refractivity contribution < 1.29 is 18.0 Å². The molecule has 1 amide bonds. The number of carbonyl (C=O) groups excluding carboxylic acids is 1. The predicted octanol–water partition coefficient (Wildman–Crippen LogP) is 4.57. The zero-order chi connectivity index (χ0) is 15.7. The largest absolute Gasteiger partial charge is 0.417 e. The average Bonchev–Trinajstić information content (AvgIpc) is 3.20. The fraction of sp³-hybridized carbons (Fsp3) is 0.312. The number of rotatable bonds is 4. The second-order valence-corrected chi connectivity index (χ2v) is 6.32. The van der Waals surface area contributed by atoms with Gasteiger partial charge in [0.15, 0.2) is 0 Å². The van der Waals surface area contributed by atoms with E-state index < -0.39 is 17.6 Å². The summed E-state index contributed by atoms with van der Waals surface area (Å²) >= 11 is 1.50. The molecule has 1 aromatic heterocycles. The van der Waals surface area contributed by atoms with Crippen LogP contribution in [0.3, 0.4) is 0 Å². The van der Waals surface area contributed by atoms with Gasteiger partial charge < -0.3 is 4.90 Å². The van der Waals surface area contributed by atoms with Gasteiger partial charge in [0.2, 0.25) is 0 Å². The van der Waals surface area contributed by atoms with Gasteiger partial charge in [0.1, 0.15) is 0 Å². The van der Waals surface area contributed by atoms with Crippen molar-refractivity contribution in [3.63, 3.8) is 0 Å². The maximum atomic E-state index is 13.1. The van der Waals surface area contributed by atoms with Gasteiger partial charge in [-0.2, -0.15) is 13.2 Å². The van der Waals surface area contributed by atoms with Crippen molar-refractivity contribution in [1.29, 1.82) is 0 Å². The quantitative estimate of drug-likeness (QED) is 0.806. The third kappa shape index (κ3) is 3.16. The molecule has 2 aromatic rings. The zero-order valence-electron chi connectivity index (χ0n) is 11.6. The van der Waals surface area contributed by atoms with Crippen LogP contribution in [0.25, 0.3) is 0 Å². The molecular formula is C16H14F3NOS. The fourth-order valence-corrected chi connectivity index (χ4v) is 3.10. The molecule has 22 heavy (non-hydrogen) atoms. The zero-order valence-corrected chi connectivity index (χ0v) is 12.5. The molecule has 0 radical (unpaired) electrons. The number of alkyl halides is 3. The van der Waals surface area contributed by atoms with Gasteiger partial charge in [-0.1, -0.05) is 18.2 Å². The third-order valence-corrected chi connectivity index (χ3v) is 4.48. The normalized spacial score (nSPS) is 14.9. The highest BCUT2D eigenvalue weighted by atomic mass is 32.1. The van der Waals surface area contributed by atoms with Gasteiger partial charge >= 0.3 is 6.18 Å². The van der Waals surface area contributed by atoms with Gasteiger partial charge in [-0.15, -0.1) is 11.3 Å². The summed E-state index contributed by atoms with van der Waals surface area (Å²) in [5.74, 6) is -0.538. The molecule has 0 saturated heterocycles. The SMILES string of the molecule is O=C(c1ccccc1C(F)(F)F)N(Cc1cccs1)C1CC1. The lowest BCUT2D eigenvalue weighted by molar-refractivity contribution is -0.138. The molecule has 116 valence electrons. The van der Waals surface area contributed by atoms with E-state index >= 15 is 0 Å². The Morgan fingerprint density at radius 2 is 1.91 bits per heavy atom. The van der Waals surface area contributed by atoms with Gasteiger partial charge in [0.05, 0.1) is 17.7 Å². The topological polar surface area (TPSA) is 20.3 Å². The summed E-state index contributed by atoms with van der Waals surface area (Å²) in [7, 11) is 0. The van der Waals surface area contributed by atoms with Crippen LogP contribution >= 0.6 is 11.3 Å². The highest BCUT2D eigenvalue weighted by molar-refractivity contribution is 7.09. The summed E-state index contributed by atoms with van der Waals surface area (Å²) in [6.45, 7) is 0.368. The van der Waals surface area contributed by atoms with E-state index in [4.69, 9.17) is 0 Å². The molecule has 3 rings (SSSR count). The molecule has 1 heterocycles. The molecule has 1 aliphatic carbocycles. The maximum absolute atomic E-state index is 13.1. The molecule has 2 nitrogen and oxygen atoms in total. The van der Waals surface area contributed by atoms with Gasteiger partial charge in [-0.05, 0) is 36.4 Å². The Hall–Kier alpha value is -1.82. The molecule has 0 aliphatic heterocycles. The molecule has 1 fully saturated rings. The van der Waals surface area contributed by atoms with E-state index in [0.29, 0.717) is 6.54 Å². The van der Waals surface area contributed by atoms with Crippen LogP contribution in [-0.4, -0.2) is 16.8 Å². The minimum Gasteiger partial charge on any atom is -0.331 e. The molecule has 1 saturated carbocycles. The van der Waals surface area contributed by atoms with Crippen LogP contribution in [0.15, 0.2) is 41.8 Å². The Bertz CT molecular complexity index is 662. The summed E-state index contributed by atoms with van der Waals surface area (Å²) < 4.78 is 39.3. The van der Waals surface area contributed by atoms with Gasteiger partial charge in [-0.3, -0.25) is 4.79 Å². The minimum atomic E-state index is -4.52. The predicted molar refractivity (Wildman–Crippen MR) is 78.7 cm³/mol. The van der Waals surface area contributed by atoms with Crippen molar-refractivity contribution in [2.75, 3.05) is 0 Å². The first-order valence-corrected chi connectivity index (χ1v) is 7.84. The second kappa shape index (κ2) is 5.76. The number of benzene rings is 1. The van der Waals surface area contributed by atoms with E-state index in [-0.39, 0.29) is 11.6 Å². The molecule has 1 aromatic carbocycles. The van der Waals surface area contributed by atoms with Crippen molar-refractivity contribution in [2.24, 2.45) is 0 Å². The number of hydrogen-bond donors (Lipinski definition) is 0. The third-order valence-electron chi connectivity index (χ3n) is 3.62. The van der Waals surface area contributed by atoms with Crippen LogP contribution in [-0.2, 0) is 12.7 Å². The highest BCUT2D eigenvalue weighted by Crippen LogP contribution is 2.35. The number of halogens is 3. The summed E-state index contributed by atoms with van der Waals surface area (Å²) in [4.78, 5) is 15.2. The minimum absolute atomic E-state index is 0.0517. The molecule has 0 spiro atoms. The van der Waals surface area contributed by atoms with E-state index in [2.05, 4.69) is 0 Å². The number of nitrogens with zero attached hydrogens (tertiary/aromatic N) is 1. The molecule has 0 N–H and O–H groups in total. The van der Waals surface area contributed by atoms with Crippen LogP contribution in [0.1, 0.15) is 33.6 Å². The van der Waals surface area contributed by atoms with Crippen molar-refractivity contribution >= 4 is 17.2 Å². The van der Waals surface area contributed by atoms with Gasteiger partial charge in [-0.25, -0.2) is 0 Å². The Labute approximate surface area is 130 Å². The number of hydrogen-bond acceptors (Lipinski definition) is 2. The Kier molecular flexibility index (Phi) is 3.95. The molecular weight excluding hydrogens is 311 g/mol. The summed E-state index contributed by atoms with van der Waals surface area (Å²) in [5, 5.41) is 1.90. The average molecular weight is 325 g/mol. The molecule has 0 atom stereocenters. The fourth-order valence-electron chi connectivity index (χ4n) is 2.39. The van der Waals surface area contributed by atoms with Crippen molar-refractivity contribution in [1.82, 2.24) is 4.90 Å².